The molecule has 7 heteroatoms. The Morgan fingerprint density at radius 2 is 2.05 bits per heavy atom. The van der Waals surface area contributed by atoms with E-state index >= 15 is 0 Å². The summed E-state index contributed by atoms with van der Waals surface area (Å²) >= 11 is 1.41. The lowest BCUT2D eigenvalue weighted by Crippen LogP contribution is -2.41. The molecule has 6 nitrogen and oxygen atoms in total. The van der Waals surface area contributed by atoms with Crippen molar-refractivity contribution >= 4 is 28.1 Å². The van der Waals surface area contributed by atoms with Crippen LogP contribution in [0.4, 0.5) is 10.8 Å². The van der Waals surface area contributed by atoms with E-state index in [2.05, 4.69) is 15.2 Å². The van der Waals surface area contributed by atoms with Crippen LogP contribution in [0.25, 0.3) is 11.3 Å². The smallest absolute Gasteiger partial charge is 0.238 e. The van der Waals surface area contributed by atoms with E-state index in [1.807, 2.05) is 29.6 Å². The van der Waals surface area contributed by atoms with Crippen molar-refractivity contribution < 1.29 is 9.53 Å². The van der Waals surface area contributed by atoms with Crippen LogP contribution in [-0.4, -0.2) is 48.6 Å². The lowest BCUT2D eigenvalue weighted by Gasteiger charge is -2.25. The first-order chi connectivity index (χ1) is 10.7. The van der Waals surface area contributed by atoms with E-state index in [1.165, 1.54) is 11.3 Å². The molecule has 116 valence electrons. The number of carbonyl (C=O) groups excluding carboxylic acids is 1. The van der Waals surface area contributed by atoms with Gasteiger partial charge in [0.1, 0.15) is 0 Å². The first-order valence-corrected chi connectivity index (χ1v) is 8.00. The van der Waals surface area contributed by atoms with Crippen molar-refractivity contribution in [3.63, 3.8) is 0 Å². The molecular weight excluding hydrogens is 300 g/mol. The SMILES string of the molecule is Nc1nc(-c2ccc(NC(=O)CN3CCOCC3)cc2)cs1. The Kier molecular flexibility index (Phi) is 4.67. The maximum atomic E-state index is 12.0. The minimum absolute atomic E-state index is 0.00690. The van der Waals surface area contributed by atoms with Gasteiger partial charge >= 0.3 is 0 Å². The molecule has 2 aromatic rings. The lowest BCUT2D eigenvalue weighted by molar-refractivity contribution is -0.118. The summed E-state index contributed by atoms with van der Waals surface area (Å²) in [6.45, 7) is 3.39. The quantitative estimate of drug-likeness (QED) is 0.896. The number of nitrogens with one attached hydrogen (secondary N) is 1. The van der Waals surface area contributed by atoms with E-state index in [9.17, 15) is 4.79 Å². The molecule has 1 amide bonds. The summed E-state index contributed by atoms with van der Waals surface area (Å²) in [6, 6.07) is 7.61. The second-order valence-electron chi connectivity index (χ2n) is 5.09. The Labute approximate surface area is 132 Å². The normalized spacial score (nSPS) is 15.6. The van der Waals surface area contributed by atoms with Crippen molar-refractivity contribution in [3.8, 4) is 11.3 Å². The Morgan fingerprint density at radius 1 is 1.32 bits per heavy atom. The van der Waals surface area contributed by atoms with Gasteiger partial charge in [-0.15, -0.1) is 11.3 Å². The number of hydrogen-bond donors (Lipinski definition) is 2. The van der Waals surface area contributed by atoms with Crippen molar-refractivity contribution in [1.29, 1.82) is 0 Å². The van der Waals surface area contributed by atoms with Crippen molar-refractivity contribution in [2.24, 2.45) is 0 Å². The van der Waals surface area contributed by atoms with Gasteiger partial charge in [0.2, 0.25) is 5.91 Å². The van der Waals surface area contributed by atoms with Crippen molar-refractivity contribution in [2.45, 2.75) is 0 Å². The van der Waals surface area contributed by atoms with Crippen molar-refractivity contribution in [1.82, 2.24) is 9.88 Å². The third-order valence-corrected chi connectivity index (χ3v) is 4.13. The highest BCUT2D eigenvalue weighted by molar-refractivity contribution is 7.13. The average molecular weight is 318 g/mol. The fourth-order valence-electron chi connectivity index (χ4n) is 2.31. The second-order valence-corrected chi connectivity index (χ2v) is 5.97. The lowest BCUT2D eigenvalue weighted by atomic mass is 10.1. The van der Waals surface area contributed by atoms with Crippen LogP contribution in [0.2, 0.25) is 0 Å². The zero-order chi connectivity index (χ0) is 15.4. The van der Waals surface area contributed by atoms with Crippen LogP contribution >= 0.6 is 11.3 Å². The summed E-state index contributed by atoms with van der Waals surface area (Å²) < 4.78 is 5.27. The number of morpholine rings is 1. The summed E-state index contributed by atoms with van der Waals surface area (Å²) in [5.41, 5.74) is 8.26. The maximum Gasteiger partial charge on any atom is 0.238 e. The molecule has 3 rings (SSSR count). The highest BCUT2D eigenvalue weighted by Crippen LogP contribution is 2.24. The molecule has 1 aliphatic rings. The number of nitrogens with two attached hydrogens (primary N) is 1. The van der Waals surface area contributed by atoms with E-state index < -0.39 is 0 Å². The zero-order valence-electron chi connectivity index (χ0n) is 12.1. The number of carbonyl (C=O) groups is 1. The average Bonchev–Trinajstić information content (AvgIpc) is 2.95. The molecule has 0 spiro atoms. The van der Waals surface area contributed by atoms with Gasteiger partial charge < -0.3 is 15.8 Å². The number of nitrogens with zero attached hydrogens (tertiary/aromatic N) is 2. The second kappa shape index (κ2) is 6.87. The first-order valence-electron chi connectivity index (χ1n) is 7.12. The molecule has 0 bridgehead atoms. The number of aromatic nitrogens is 1. The molecule has 0 saturated carbocycles. The van der Waals surface area contributed by atoms with Gasteiger partial charge in [0, 0.05) is 29.7 Å². The van der Waals surface area contributed by atoms with E-state index in [0.717, 1.165) is 30.0 Å². The Hall–Kier alpha value is -1.96. The van der Waals surface area contributed by atoms with Gasteiger partial charge in [0.05, 0.1) is 25.5 Å². The molecule has 2 heterocycles. The van der Waals surface area contributed by atoms with Gasteiger partial charge in [0.25, 0.3) is 0 Å². The van der Waals surface area contributed by atoms with E-state index in [1.54, 1.807) is 0 Å². The summed E-state index contributed by atoms with van der Waals surface area (Å²) in [7, 11) is 0. The van der Waals surface area contributed by atoms with Gasteiger partial charge in [-0.25, -0.2) is 4.98 Å². The number of thiazole rings is 1. The molecule has 0 unspecified atom stereocenters. The molecule has 0 aliphatic carbocycles. The summed E-state index contributed by atoms with van der Waals surface area (Å²) in [5.74, 6) is -0.00690. The minimum Gasteiger partial charge on any atom is -0.379 e. The highest BCUT2D eigenvalue weighted by atomic mass is 32.1. The van der Waals surface area contributed by atoms with E-state index in [0.29, 0.717) is 24.9 Å². The minimum atomic E-state index is -0.00690. The number of benzene rings is 1. The van der Waals surface area contributed by atoms with Crippen LogP contribution in [-0.2, 0) is 9.53 Å². The molecule has 1 aromatic heterocycles. The molecule has 22 heavy (non-hydrogen) atoms. The van der Waals surface area contributed by atoms with Crippen molar-refractivity contribution in [2.75, 3.05) is 43.9 Å². The first kappa shape index (κ1) is 15.0. The fourth-order valence-corrected chi connectivity index (χ4v) is 2.88. The summed E-state index contributed by atoms with van der Waals surface area (Å²) in [5, 5.41) is 5.38. The van der Waals surface area contributed by atoms with Crippen molar-refractivity contribution in [3.05, 3.63) is 29.6 Å². The topological polar surface area (TPSA) is 80.5 Å². The van der Waals surface area contributed by atoms with Crippen LogP contribution in [0.5, 0.6) is 0 Å². The van der Waals surface area contributed by atoms with Gasteiger partial charge in [-0.3, -0.25) is 9.69 Å². The summed E-state index contributed by atoms with van der Waals surface area (Å²) in [4.78, 5) is 18.3. The van der Waals surface area contributed by atoms with Crippen LogP contribution in [0.15, 0.2) is 29.6 Å². The van der Waals surface area contributed by atoms with Crippen LogP contribution in [0.3, 0.4) is 0 Å². The standard InChI is InChI=1S/C15H18N4O2S/c16-15-18-13(10-22-15)11-1-3-12(4-2-11)17-14(20)9-19-5-7-21-8-6-19/h1-4,10H,5-9H2,(H2,16,18)(H,17,20). The third-order valence-electron chi connectivity index (χ3n) is 3.46. The molecular formula is C15H18N4O2S. The molecule has 0 atom stereocenters. The largest absolute Gasteiger partial charge is 0.379 e. The number of amides is 1. The predicted octanol–water partition coefficient (Wildman–Crippen LogP) is 1.66. The van der Waals surface area contributed by atoms with Gasteiger partial charge in [-0.2, -0.15) is 0 Å². The highest BCUT2D eigenvalue weighted by Gasteiger charge is 2.14. The Morgan fingerprint density at radius 3 is 2.68 bits per heavy atom. The maximum absolute atomic E-state index is 12.0. The Balaban J connectivity index is 1.57. The molecule has 3 N–H and O–H groups in total. The monoisotopic (exact) mass is 318 g/mol. The van der Waals surface area contributed by atoms with Gasteiger partial charge in [0.15, 0.2) is 5.13 Å². The van der Waals surface area contributed by atoms with E-state index in [4.69, 9.17) is 10.5 Å². The number of anilines is 2. The zero-order valence-corrected chi connectivity index (χ0v) is 12.9. The van der Waals surface area contributed by atoms with Gasteiger partial charge in [-0.05, 0) is 12.1 Å². The Bertz CT molecular complexity index is 635. The number of nitrogen functional groups attached to an aromatic ring is 1. The van der Waals surface area contributed by atoms with E-state index in [-0.39, 0.29) is 5.91 Å². The molecule has 1 aromatic carbocycles. The molecule has 1 saturated heterocycles. The third kappa shape index (κ3) is 3.82. The predicted molar refractivity (Wildman–Crippen MR) is 87.9 cm³/mol. The molecule has 1 fully saturated rings. The fraction of sp³-hybridized carbons (Fsp3) is 0.333. The molecule has 0 radical (unpaired) electrons. The number of ether oxygens (including phenoxy) is 1. The number of hydrogen-bond acceptors (Lipinski definition) is 6. The van der Waals surface area contributed by atoms with Crippen LogP contribution in [0.1, 0.15) is 0 Å². The van der Waals surface area contributed by atoms with Crippen LogP contribution < -0.4 is 11.1 Å². The number of rotatable bonds is 4. The van der Waals surface area contributed by atoms with Gasteiger partial charge in [-0.1, -0.05) is 12.1 Å². The van der Waals surface area contributed by atoms with Crippen LogP contribution in [0, 0.1) is 0 Å². The summed E-state index contributed by atoms with van der Waals surface area (Å²) in [6.07, 6.45) is 0. The molecule has 1 aliphatic heterocycles.